The van der Waals surface area contributed by atoms with Crippen molar-refractivity contribution in [2.24, 2.45) is 0 Å². The van der Waals surface area contributed by atoms with Crippen LogP contribution in [0.5, 0.6) is 5.75 Å². The van der Waals surface area contributed by atoms with Crippen molar-refractivity contribution < 1.29 is 9.53 Å². The number of pyridine rings is 1. The molecule has 6 heteroatoms. The lowest BCUT2D eigenvalue weighted by molar-refractivity contribution is 0.195. The molecule has 0 atom stereocenters. The summed E-state index contributed by atoms with van der Waals surface area (Å²) in [5.41, 5.74) is 1.06. The second-order valence-electron chi connectivity index (χ2n) is 5.33. The zero-order chi connectivity index (χ0) is 14.8. The molecule has 21 heavy (non-hydrogen) atoms. The molecule has 0 radical (unpaired) electrons. The van der Waals surface area contributed by atoms with Crippen molar-refractivity contribution in [3.63, 3.8) is 0 Å². The topological polar surface area (TPSA) is 72.7 Å². The van der Waals surface area contributed by atoms with Crippen LogP contribution in [0.4, 0.5) is 4.79 Å². The van der Waals surface area contributed by atoms with E-state index in [1.54, 1.807) is 12.3 Å². The molecule has 2 heterocycles. The molecule has 1 aliphatic rings. The van der Waals surface area contributed by atoms with Gasteiger partial charge < -0.3 is 10.1 Å². The molecule has 0 bridgehead atoms. The van der Waals surface area contributed by atoms with Gasteiger partial charge in [0.2, 0.25) is 5.75 Å². The van der Waals surface area contributed by atoms with Crippen molar-refractivity contribution in [2.45, 2.75) is 38.6 Å². The van der Waals surface area contributed by atoms with Crippen molar-refractivity contribution in [3.8, 4) is 5.75 Å². The minimum atomic E-state index is -0.589. The second kappa shape index (κ2) is 5.55. The largest absolute Gasteiger partial charge is 0.413 e. The number of nitrogens with one attached hydrogen (secondary N) is 1. The lowest BCUT2D eigenvalue weighted by Crippen LogP contribution is -2.36. The number of amides is 1. The first-order valence-corrected chi connectivity index (χ1v) is 7.10. The SMILES string of the molecule is Cc1cccn2c(=O)c(OC(=O)NC3CCCC3)cnc12. The molecule has 0 unspecified atom stereocenters. The number of hydrogen-bond donors (Lipinski definition) is 1. The molecule has 0 aliphatic heterocycles. The summed E-state index contributed by atoms with van der Waals surface area (Å²) in [6.45, 7) is 1.87. The molecule has 0 aromatic carbocycles. The first-order valence-electron chi connectivity index (χ1n) is 7.10. The van der Waals surface area contributed by atoms with Gasteiger partial charge >= 0.3 is 11.7 Å². The maximum absolute atomic E-state index is 12.3. The molecule has 1 amide bonds. The molecule has 0 saturated heterocycles. The summed E-state index contributed by atoms with van der Waals surface area (Å²) < 4.78 is 6.49. The molecule has 1 N–H and O–H groups in total. The number of aromatic nitrogens is 2. The third-order valence-corrected chi connectivity index (χ3v) is 3.78. The summed E-state index contributed by atoms with van der Waals surface area (Å²) in [6, 6.07) is 3.78. The maximum atomic E-state index is 12.3. The van der Waals surface area contributed by atoms with Crippen molar-refractivity contribution in [2.75, 3.05) is 0 Å². The summed E-state index contributed by atoms with van der Waals surface area (Å²) in [6.07, 6.45) is 6.48. The molecule has 3 rings (SSSR count). The highest BCUT2D eigenvalue weighted by Crippen LogP contribution is 2.17. The second-order valence-corrected chi connectivity index (χ2v) is 5.33. The number of hydrogen-bond acceptors (Lipinski definition) is 4. The lowest BCUT2D eigenvalue weighted by Gasteiger charge is -2.12. The van der Waals surface area contributed by atoms with Crippen LogP contribution in [0.1, 0.15) is 31.2 Å². The molecular formula is C15H17N3O3. The van der Waals surface area contributed by atoms with Crippen LogP contribution in [0.3, 0.4) is 0 Å². The summed E-state index contributed by atoms with van der Waals surface area (Å²) in [4.78, 5) is 28.3. The van der Waals surface area contributed by atoms with Gasteiger partial charge in [0.1, 0.15) is 5.65 Å². The summed E-state index contributed by atoms with van der Waals surface area (Å²) in [5, 5.41) is 2.78. The Hall–Kier alpha value is -2.37. The smallest absolute Gasteiger partial charge is 0.403 e. The Kier molecular flexibility index (Phi) is 3.60. The Morgan fingerprint density at radius 3 is 2.95 bits per heavy atom. The van der Waals surface area contributed by atoms with Gasteiger partial charge in [-0.2, -0.15) is 0 Å². The minimum absolute atomic E-state index is 0.0615. The summed E-state index contributed by atoms with van der Waals surface area (Å²) in [7, 11) is 0. The first kappa shape index (κ1) is 13.6. The van der Waals surface area contributed by atoms with E-state index in [0.29, 0.717) is 5.65 Å². The number of fused-ring (bicyclic) bond motifs is 1. The Morgan fingerprint density at radius 2 is 2.19 bits per heavy atom. The van der Waals surface area contributed by atoms with Crippen LogP contribution >= 0.6 is 0 Å². The number of carbonyl (C=O) groups is 1. The Bertz CT molecular complexity index is 733. The van der Waals surface area contributed by atoms with Gasteiger partial charge in [-0.15, -0.1) is 0 Å². The van der Waals surface area contributed by atoms with Crippen molar-refractivity contribution >= 4 is 11.7 Å². The van der Waals surface area contributed by atoms with Crippen LogP contribution in [0.25, 0.3) is 5.65 Å². The van der Waals surface area contributed by atoms with Crippen LogP contribution in [0.2, 0.25) is 0 Å². The van der Waals surface area contributed by atoms with E-state index in [9.17, 15) is 9.59 Å². The van der Waals surface area contributed by atoms with E-state index in [-0.39, 0.29) is 17.4 Å². The first-order chi connectivity index (χ1) is 10.1. The summed E-state index contributed by atoms with van der Waals surface area (Å²) in [5.74, 6) is -0.0615. The number of aryl methyl sites for hydroxylation is 1. The van der Waals surface area contributed by atoms with Crippen LogP contribution < -0.4 is 15.6 Å². The van der Waals surface area contributed by atoms with Crippen LogP contribution in [0, 0.1) is 6.92 Å². The zero-order valence-corrected chi connectivity index (χ0v) is 11.8. The van der Waals surface area contributed by atoms with Crippen molar-refractivity contribution in [1.29, 1.82) is 0 Å². The third-order valence-electron chi connectivity index (χ3n) is 3.78. The fraction of sp³-hybridized carbons (Fsp3) is 0.400. The zero-order valence-electron chi connectivity index (χ0n) is 11.8. The highest BCUT2D eigenvalue weighted by molar-refractivity contribution is 5.70. The van der Waals surface area contributed by atoms with Gasteiger partial charge in [-0.1, -0.05) is 18.9 Å². The molecule has 1 fully saturated rings. The molecule has 2 aromatic heterocycles. The van der Waals surface area contributed by atoms with E-state index in [2.05, 4.69) is 10.3 Å². The van der Waals surface area contributed by atoms with E-state index < -0.39 is 6.09 Å². The highest BCUT2D eigenvalue weighted by Gasteiger charge is 2.19. The maximum Gasteiger partial charge on any atom is 0.413 e. The molecule has 2 aromatic rings. The fourth-order valence-electron chi connectivity index (χ4n) is 2.67. The van der Waals surface area contributed by atoms with E-state index in [1.807, 2.05) is 13.0 Å². The van der Waals surface area contributed by atoms with Gasteiger partial charge in [-0.05, 0) is 31.4 Å². The Balaban J connectivity index is 1.82. The molecule has 6 nitrogen and oxygen atoms in total. The number of ether oxygens (including phenoxy) is 1. The summed E-state index contributed by atoms with van der Waals surface area (Å²) >= 11 is 0. The van der Waals surface area contributed by atoms with Gasteiger partial charge in [0.25, 0.3) is 0 Å². The van der Waals surface area contributed by atoms with Gasteiger partial charge in [0.05, 0.1) is 6.20 Å². The van der Waals surface area contributed by atoms with E-state index in [1.165, 1.54) is 10.6 Å². The molecular weight excluding hydrogens is 270 g/mol. The van der Waals surface area contributed by atoms with E-state index >= 15 is 0 Å². The van der Waals surface area contributed by atoms with Crippen LogP contribution in [-0.2, 0) is 0 Å². The number of nitrogens with zero attached hydrogens (tertiary/aromatic N) is 2. The fourth-order valence-corrected chi connectivity index (χ4v) is 2.67. The molecule has 0 spiro atoms. The normalized spacial score (nSPS) is 15.3. The van der Waals surface area contributed by atoms with Crippen molar-refractivity contribution in [1.82, 2.24) is 14.7 Å². The predicted molar refractivity (Wildman–Crippen MR) is 77.6 cm³/mol. The average Bonchev–Trinajstić information content (AvgIpc) is 2.95. The predicted octanol–water partition coefficient (Wildman–Crippen LogP) is 2.03. The van der Waals surface area contributed by atoms with Crippen molar-refractivity contribution in [3.05, 3.63) is 40.4 Å². The van der Waals surface area contributed by atoms with Gasteiger partial charge in [-0.3, -0.25) is 9.20 Å². The number of carbonyl (C=O) groups excluding carboxylic acids is 1. The monoisotopic (exact) mass is 287 g/mol. The average molecular weight is 287 g/mol. The van der Waals surface area contributed by atoms with Gasteiger partial charge in [0, 0.05) is 12.2 Å². The lowest BCUT2D eigenvalue weighted by atomic mass is 10.3. The molecule has 1 saturated carbocycles. The van der Waals surface area contributed by atoms with Gasteiger partial charge in [0.15, 0.2) is 0 Å². The third kappa shape index (κ3) is 2.74. The Morgan fingerprint density at radius 1 is 1.43 bits per heavy atom. The van der Waals surface area contributed by atoms with Crippen LogP contribution in [-0.4, -0.2) is 21.5 Å². The highest BCUT2D eigenvalue weighted by atomic mass is 16.6. The molecule has 110 valence electrons. The van der Waals surface area contributed by atoms with E-state index in [4.69, 9.17) is 4.74 Å². The van der Waals surface area contributed by atoms with Crippen LogP contribution in [0.15, 0.2) is 29.3 Å². The standard InChI is InChI=1S/C15H17N3O3/c1-10-5-4-8-18-13(10)16-9-12(14(18)19)21-15(20)17-11-6-2-3-7-11/h4-5,8-9,11H,2-3,6-7H2,1H3,(H,17,20). The Labute approximate surface area is 121 Å². The van der Waals surface area contributed by atoms with E-state index in [0.717, 1.165) is 31.2 Å². The molecule has 1 aliphatic carbocycles. The van der Waals surface area contributed by atoms with Gasteiger partial charge in [-0.25, -0.2) is 9.78 Å². The quantitative estimate of drug-likeness (QED) is 0.917. The number of rotatable bonds is 2. The minimum Gasteiger partial charge on any atom is -0.403 e.